The average molecular weight is 449 g/mol. The van der Waals surface area contributed by atoms with E-state index in [-0.39, 0.29) is 6.61 Å². The van der Waals surface area contributed by atoms with Crippen LogP contribution in [0.3, 0.4) is 0 Å². The number of hydrazone groups is 1. The van der Waals surface area contributed by atoms with E-state index in [9.17, 15) is 9.59 Å². The van der Waals surface area contributed by atoms with Gasteiger partial charge >= 0.3 is 5.97 Å². The standard InChI is InChI=1S/C25H21ClN2O4/c1-2-7-18-8-3-5-10-22(18)31-17-24(29)28-27-16-20-9-4-6-11-23(20)32-25(30)19-12-14-21(26)15-13-19/h2-6,8-16H,1,7,17H2,(H,28,29)/b27-16+. The number of amides is 1. The Morgan fingerprint density at radius 1 is 0.969 bits per heavy atom. The molecule has 162 valence electrons. The maximum Gasteiger partial charge on any atom is 0.343 e. The Morgan fingerprint density at radius 2 is 1.66 bits per heavy atom. The number of allylic oxidation sites excluding steroid dienone is 1. The van der Waals surface area contributed by atoms with Gasteiger partial charge in [-0.1, -0.05) is 48.0 Å². The van der Waals surface area contributed by atoms with Crippen molar-refractivity contribution in [2.75, 3.05) is 6.61 Å². The van der Waals surface area contributed by atoms with Crippen molar-refractivity contribution < 1.29 is 19.1 Å². The Balaban J connectivity index is 1.57. The van der Waals surface area contributed by atoms with Crippen molar-refractivity contribution in [3.8, 4) is 11.5 Å². The minimum absolute atomic E-state index is 0.196. The average Bonchev–Trinajstić information content (AvgIpc) is 2.80. The Bertz CT molecular complexity index is 1130. The molecule has 3 aromatic carbocycles. The zero-order chi connectivity index (χ0) is 22.8. The van der Waals surface area contributed by atoms with Crippen LogP contribution in [0.25, 0.3) is 0 Å². The fourth-order valence-electron chi connectivity index (χ4n) is 2.74. The fourth-order valence-corrected chi connectivity index (χ4v) is 2.87. The molecule has 3 rings (SSSR count). The van der Waals surface area contributed by atoms with Gasteiger partial charge in [0.15, 0.2) is 6.61 Å². The third kappa shape index (κ3) is 6.55. The van der Waals surface area contributed by atoms with Gasteiger partial charge in [0.2, 0.25) is 0 Å². The van der Waals surface area contributed by atoms with Crippen LogP contribution >= 0.6 is 11.6 Å². The number of para-hydroxylation sites is 2. The van der Waals surface area contributed by atoms with Crippen molar-refractivity contribution in [3.05, 3.63) is 107 Å². The number of carbonyl (C=O) groups excluding carboxylic acids is 2. The zero-order valence-corrected chi connectivity index (χ0v) is 17.9. The van der Waals surface area contributed by atoms with Crippen LogP contribution in [0.15, 0.2) is 90.6 Å². The number of nitrogens with one attached hydrogen (secondary N) is 1. The number of halogens is 1. The van der Waals surface area contributed by atoms with Crippen LogP contribution in [0.5, 0.6) is 11.5 Å². The largest absolute Gasteiger partial charge is 0.483 e. The summed E-state index contributed by atoms with van der Waals surface area (Å²) in [6.07, 6.45) is 3.80. The van der Waals surface area contributed by atoms with Crippen LogP contribution in [-0.2, 0) is 11.2 Å². The number of nitrogens with zero attached hydrogens (tertiary/aromatic N) is 1. The van der Waals surface area contributed by atoms with Gasteiger partial charge in [-0.05, 0) is 54.4 Å². The highest BCUT2D eigenvalue weighted by molar-refractivity contribution is 6.30. The molecule has 1 N–H and O–H groups in total. The quantitative estimate of drug-likeness (QED) is 0.167. The normalized spacial score (nSPS) is 10.5. The van der Waals surface area contributed by atoms with Crippen LogP contribution in [0.4, 0.5) is 0 Å². The molecule has 1 amide bonds. The zero-order valence-electron chi connectivity index (χ0n) is 17.2. The SMILES string of the molecule is C=CCc1ccccc1OCC(=O)N/N=C/c1ccccc1OC(=O)c1ccc(Cl)cc1. The Hall–Kier alpha value is -3.90. The summed E-state index contributed by atoms with van der Waals surface area (Å²) in [6, 6.07) is 20.7. The molecule has 0 atom stereocenters. The molecule has 0 unspecified atom stereocenters. The first kappa shape index (κ1) is 22.8. The number of benzene rings is 3. The molecule has 7 heteroatoms. The first-order valence-electron chi connectivity index (χ1n) is 9.77. The lowest BCUT2D eigenvalue weighted by Gasteiger charge is -2.09. The van der Waals surface area contributed by atoms with Crippen LogP contribution in [0, 0.1) is 0 Å². The second kappa shape index (κ2) is 11.5. The van der Waals surface area contributed by atoms with E-state index in [1.807, 2.05) is 18.2 Å². The summed E-state index contributed by atoms with van der Waals surface area (Å²) >= 11 is 5.85. The molecule has 0 aliphatic carbocycles. The molecular weight excluding hydrogens is 428 g/mol. The molecule has 0 aromatic heterocycles. The monoisotopic (exact) mass is 448 g/mol. The van der Waals surface area contributed by atoms with Crippen LogP contribution < -0.4 is 14.9 Å². The summed E-state index contributed by atoms with van der Waals surface area (Å²) < 4.78 is 11.0. The molecule has 6 nitrogen and oxygen atoms in total. The lowest BCUT2D eigenvalue weighted by Crippen LogP contribution is -2.24. The molecule has 0 saturated heterocycles. The first-order chi connectivity index (χ1) is 15.6. The Kier molecular flexibility index (Phi) is 8.17. The minimum Gasteiger partial charge on any atom is -0.483 e. The molecule has 0 spiro atoms. The topological polar surface area (TPSA) is 77.0 Å². The lowest BCUT2D eigenvalue weighted by atomic mass is 10.1. The molecule has 32 heavy (non-hydrogen) atoms. The van der Waals surface area contributed by atoms with Crippen molar-refractivity contribution in [1.29, 1.82) is 0 Å². The molecule has 0 bridgehead atoms. The Morgan fingerprint density at radius 3 is 2.41 bits per heavy atom. The van der Waals surface area contributed by atoms with E-state index in [2.05, 4.69) is 17.1 Å². The van der Waals surface area contributed by atoms with Gasteiger partial charge in [0.1, 0.15) is 11.5 Å². The summed E-state index contributed by atoms with van der Waals surface area (Å²) in [4.78, 5) is 24.4. The predicted molar refractivity (Wildman–Crippen MR) is 124 cm³/mol. The number of carbonyl (C=O) groups is 2. The molecular formula is C25H21ClN2O4. The van der Waals surface area contributed by atoms with E-state index >= 15 is 0 Å². The number of hydrogen-bond acceptors (Lipinski definition) is 5. The van der Waals surface area contributed by atoms with E-state index in [0.717, 1.165) is 5.56 Å². The fraction of sp³-hybridized carbons (Fsp3) is 0.0800. The molecule has 0 aliphatic rings. The summed E-state index contributed by atoms with van der Waals surface area (Å²) in [7, 11) is 0. The van der Waals surface area contributed by atoms with Crippen LogP contribution in [0.1, 0.15) is 21.5 Å². The van der Waals surface area contributed by atoms with Gasteiger partial charge in [-0.3, -0.25) is 4.79 Å². The van der Waals surface area contributed by atoms with E-state index < -0.39 is 11.9 Å². The minimum atomic E-state index is -0.529. The molecule has 0 heterocycles. The summed E-state index contributed by atoms with van der Waals surface area (Å²) in [6.45, 7) is 3.52. The van der Waals surface area contributed by atoms with E-state index in [1.54, 1.807) is 60.7 Å². The third-order valence-corrected chi connectivity index (χ3v) is 4.54. The summed E-state index contributed by atoms with van der Waals surface area (Å²) in [5.41, 5.74) is 4.23. The molecule has 0 saturated carbocycles. The van der Waals surface area contributed by atoms with Gasteiger partial charge < -0.3 is 9.47 Å². The highest BCUT2D eigenvalue weighted by Crippen LogP contribution is 2.19. The number of hydrogen-bond donors (Lipinski definition) is 1. The summed E-state index contributed by atoms with van der Waals surface area (Å²) in [5.74, 6) is -0.0329. The lowest BCUT2D eigenvalue weighted by molar-refractivity contribution is -0.123. The van der Waals surface area contributed by atoms with Crippen LogP contribution in [-0.4, -0.2) is 24.7 Å². The highest BCUT2D eigenvalue weighted by Gasteiger charge is 2.11. The molecule has 0 radical (unpaired) electrons. The summed E-state index contributed by atoms with van der Waals surface area (Å²) in [5, 5.41) is 4.46. The third-order valence-electron chi connectivity index (χ3n) is 4.29. The second-order valence-electron chi connectivity index (χ2n) is 6.62. The van der Waals surface area contributed by atoms with Crippen molar-refractivity contribution in [3.63, 3.8) is 0 Å². The maximum absolute atomic E-state index is 12.4. The van der Waals surface area contributed by atoms with Gasteiger partial charge in [-0.2, -0.15) is 5.10 Å². The van der Waals surface area contributed by atoms with Crippen molar-refractivity contribution >= 4 is 29.7 Å². The van der Waals surface area contributed by atoms with Gasteiger partial charge in [0.25, 0.3) is 5.91 Å². The van der Waals surface area contributed by atoms with Crippen molar-refractivity contribution in [2.24, 2.45) is 5.10 Å². The van der Waals surface area contributed by atoms with Gasteiger partial charge in [0, 0.05) is 10.6 Å². The predicted octanol–water partition coefficient (Wildman–Crippen LogP) is 4.82. The molecule has 0 aliphatic heterocycles. The Labute approximate surface area is 191 Å². The van der Waals surface area contributed by atoms with E-state index in [1.165, 1.54) is 6.21 Å². The molecule has 3 aromatic rings. The van der Waals surface area contributed by atoms with Crippen LogP contribution in [0.2, 0.25) is 5.02 Å². The molecule has 0 fully saturated rings. The maximum atomic E-state index is 12.4. The van der Waals surface area contributed by atoms with E-state index in [0.29, 0.717) is 34.1 Å². The number of ether oxygens (including phenoxy) is 2. The van der Waals surface area contributed by atoms with Crippen molar-refractivity contribution in [1.82, 2.24) is 5.43 Å². The van der Waals surface area contributed by atoms with Gasteiger partial charge in [0.05, 0.1) is 11.8 Å². The number of esters is 1. The van der Waals surface area contributed by atoms with Crippen molar-refractivity contribution in [2.45, 2.75) is 6.42 Å². The highest BCUT2D eigenvalue weighted by atomic mass is 35.5. The van der Waals surface area contributed by atoms with Gasteiger partial charge in [-0.15, -0.1) is 6.58 Å². The first-order valence-corrected chi connectivity index (χ1v) is 10.1. The second-order valence-corrected chi connectivity index (χ2v) is 7.05. The van der Waals surface area contributed by atoms with E-state index in [4.69, 9.17) is 21.1 Å². The van der Waals surface area contributed by atoms with Gasteiger partial charge in [-0.25, -0.2) is 10.2 Å². The smallest absolute Gasteiger partial charge is 0.343 e. The number of rotatable bonds is 9.